The van der Waals surface area contributed by atoms with Crippen molar-refractivity contribution in [1.29, 1.82) is 0 Å². The highest BCUT2D eigenvalue weighted by Crippen LogP contribution is 2.36. The molecule has 4 atom stereocenters. The molecular weight excluding hydrogens is 275 g/mol. The minimum absolute atomic E-state index is 0.149. The van der Waals surface area contributed by atoms with Crippen molar-refractivity contribution in [3.8, 4) is 0 Å². The highest BCUT2D eigenvalue weighted by Gasteiger charge is 2.35. The lowest BCUT2D eigenvalue weighted by Gasteiger charge is -2.45. The molecule has 2 N–H and O–H groups in total. The molecule has 0 radical (unpaired) electrons. The molecule has 0 saturated carbocycles. The van der Waals surface area contributed by atoms with Crippen molar-refractivity contribution in [2.45, 2.75) is 39.3 Å². The molecule has 0 aromatic heterocycles. The molecule has 1 heterocycles. The van der Waals surface area contributed by atoms with Crippen LogP contribution in [0.15, 0.2) is 18.2 Å². The van der Waals surface area contributed by atoms with Crippen molar-refractivity contribution in [3.05, 3.63) is 34.6 Å². The molecule has 0 spiro atoms. The Labute approximate surface area is 126 Å². The first kappa shape index (κ1) is 15.7. The van der Waals surface area contributed by atoms with E-state index in [1.165, 1.54) is 12.5 Å². The van der Waals surface area contributed by atoms with Crippen LogP contribution in [-0.4, -0.2) is 24.0 Å². The standard InChI is InChI=1S/C16H24ClFN2/c1-10-7-11(2)12(3)20(9-10)15(8-19)16-13(17)5-4-6-14(16)18/h4-6,10-12,15H,7-9,19H2,1-3H3. The van der Waals surface area contributed by atoms with Crippen molar-refractivity contribution in [1.82, 2.24) is 4.90 Å². The number of nitrogens with zero attached hydrogens (tertiary/aromatic N) is 1. The van der Waals surface area contributed by atoms with Crippen LogP contribution in [0.4, 0.5) is 4.39 Å². The molecule has 1 aromatic carbocycles. The Balaban J connectivity index is 2.36. The number of benzene rings is 1. The van der Waals surface area contributed by atoms with Crippen molar-refractivity contribution in [2.24, 2.45) is 17.6 Å². The van der Waals surface area contributed by atoms with E-state index in [0.717, 1.165) is 6.54 Å². The summed E-state index contributed by atoms with van der Waals surface area (Å²) >= 11 is 6.22. The van der Waals surface area contributed by atoms with Gasteiger partial charge in [0.15, 0.2) is 0 Å². The van der Waals surface area contributed by atoms with Gasteiger partial charge in [0.2, 0.25) is 0 Å². The first-order chi connectivity index (χ1) is 9.45. The van der Waals surface area contributed by atoms with Crippen molar-refractivity contribution >= 4 is 11.6 Å². The van der Waals surface area contributed by atoms with E-state index in [4.69, 9.17) is 17.3 Å². The molecule has 0 bridgehead atoms. The Hall–Kier alpha value is -0.640. The lowest BCUT2D eigenvalue weighted by molar-refractivity contribution is 0.0412. The van der Waals surface area contributed by atoms with Gasteiger partial charge in [0.1, 0.15) is 5.82 Å². The molecule has 1 saturated heterocycles. The summed E-state index contributed by atoms with van der Waals surface area (Å²) in [6.07, 6.45) is 1.21. The number of rotatable bonds is 3. The smallest absolute Gasteiger partial charge is 0.129 e. The van der Waals surface area contributed by atoms with E-state index >= 15 is 0 Å². The zero-order valence-corrected chi connectivity index (χ0v) is 13.2. The van der Waals surface area contributed by atoms with Gasteiger partial charge >= 0.3 is 0 Å². The monoisotopic (exact) mass is 298 g/mol. The molecular formula is C16H24ClFN2. The molecule has 2 rings (SSSR count). The predicted molar refractivity (Wildman–Crippen MR) is 82.3 cm³/mol. The van der Waals surface area contributed by atoms with E-state index < -0.39 is 0 Å². The third-order valence-corrected chi connectivity index (χ3v) is 4.93. The highest BCUT2D eigenvalue weighted by molar-refractivity contribution is 6.31. The summed E-state index contributed by atoms with van der Waals surface area (Å²) in [7, 11) is 0. The summed E-state index contributed by atoms with van der Waals surface area (Å²) in [6, 6.07) is 5.08. The average molecular weight is 299 g/mol. The molecule has 1 aliphatic rings. The second kappa shape index (κ2) is 6.42. The Morgan fingerprint density at radius 1 is 1.40 bits per heavy atom. The van der Waals surface area contributed by atoms with Crippen LogP contribution in [0.1, 0.15) is 38.8 Å². The topological polar surface area (TPSA) is 29.3 Å². The summed E-state index contributed by atoms with van der Waals surface area (Å²) in [5, 5.41) is 0.471. The first-order valence-corrected chi connectivity index (χ1v) is 7.73. The molecule has 112 valence electrons. The minimum Gasteiger partial charge on any atom is -0.329 e. The zero-order chi connectivity index (χ0) is 14.9. The second-order valence-corrected chi connectivity index (χ2v) is 6.55. The molecule has 4 unspecified atom stereocenters. The van der Waals surface area contributed by atoms with Gasteiger partial charge in [-0.05, 0) is 37.3 Å². The lowest BCUT2D eigenvalue weighted by Crippen LogP contribution is -2.49. The van der Waals surface area contributed by atoms with Crippen LogP contribution < -0.4 is 5.73 Å². The van der Waals surface area contributed by atoms with E-state index in [0.29, 0.717) is 35.0 Å². The number of likely N-dealkylation sites (tertiary alicyclic amines) is 1. The van der Waals surface area contributed by atoms with Crippen molar-refractivity contribution < 1.29 is 4.39 Å². The molecule has 0 amide bonds. The largest absolute Gasteiger partial charge is 0.329 e. The third-order valence-electron chi connectivity index (χ3n) is 4.60. The maximum Gasteiger partial charge on any atom is 0.129 e. The summed E-state index contributed by atoms with van der Waals surface area (Å²) < 4.78 is 14.2. The fraction of sp³-hybridized carbons (Fsp3) is 0.625. The molecule has 1 aliphatic heterocycles. The predicted octanol–water partition coefficient (Wildman–Crippen LogP) is 3.85. The number of nitrogens with two attached hydrogens (primary N) is 1. The van der Waals surface area contributed by atoms with Gasteiger partial charge in [-0.1, -0.05) is 31.5 Å². The van der Waals surface area contributed by atoms with E-state index in [1.54, 1.807) is 12.1 Å². The van der Waals surface area contributed by atoms with Gasteiger partial charge in [0.25, 0.3) is 0 Å². The second-order valence-electron chi connectivity index (χ2n) is 6.14. The van der Waals surface area contributed by atoms with Gasteiger partial charge in [0, 0.05) is 29.7 Å². The molecule has 2 nitrogen and oxygen atoms in total. The molecule has 20 heavy (non-hydrogen) atoms. The number of hydrogen-bond acceptors (Lipinski definition) is 2. The Morgan fingerprint density at radius 3 is 2.70 bits per heavy atom. The third kappa shape index (κ3) is 3.00. The quantitative estimate of drug-likeness (QED) is 0.918. The van der Waals surface area contributed by atoms with Gasteiger partial charge in [-0.25, -0.2) is 4.39 Å². The lowest BCUT2D eigenvalue weighted by atomic mass is 9.84. The van der Waals surface area contributed by atoms with Crippen molar-refractivity contribution in [3.63, 3.8) is 0 Å². The van der Waals surface area contributed by atoms with Crippen LogP contribution in [0.5, 0.6) is 0 Å². The van der Waals surface area contributed by atoms with Crippen LogP contribution >= 0.6 is 11.6 Å². The van der Waals surface area contributed by atoms with E-state index in [-0.39, 0.29) is 11.9 Å². The SMILES string of the molecule is CC1CC(C)C(C)N(C(CN)c2c(F)cccc2Cl)C1. The maximum absolute atomic E-state index is 14.2. The van der Waals surface area contributed by atoms with E-state index in [2.05, 4.69) is 25.7 Å². The summed E-state index contributed by atoms with van der Waals surface area (Å²) in [4.78, 5) is 2.32. The van der Waals surface area contributed by atoms with Crippen LogP contribution in [0, 0.1) is 17.7 Å². The van der Waals surface area contributed by atoms with E-state index in [9.17, 15) is 4.39 Å². The van der Waals surface area contributed by atoms with Crippen LogP contribution in [0.3, 0.4) is 0 Å². The highest BCUT2D eigenvalue weighted by atomic mass is 35.5. The molecule has 1 aromatic rings. The maximum atomic E-state index is 14.2. The first-order valence-electron chi connectivity index (χ1n) is 7.35. The van der Waals surface area contributed by atoms with Crippen LogP contribution in [-0.2, 0) is 0 Å². The summed E-state index contributed by atoms with van der Waals surface area (Å²) in [5.74, 6) is 0.921. The molecule has 0 aliphatic carbocycles. The molecule has 4 heteroatoms. The minimum atomic E-state index is -0.258. The van der Waals surface area contributed by atoms with Gasteiger partial charge in [-0.2, -0.15) is 0 Å². The summed E-state index contributed by atoms with van der Waals surface area (Å²) in [6.45, 7) is 8.02. The zero-order valence-electron chi connectivity index (χ0n) is 12.4. The Bertz CT molecular complexity index is 446. The van der Waals surface area contributed by atoms with Crippen LogP contribution in [0.25, 0.3) is 0 Å². The van der Waals surface area contributed by atoms with Crippen molar-refractivity contribution in [2.75, 3.05) is 13.1 Å². The number of halogens is 2. The summed E-state index contributed by atoms with van der Waals surface area (Å²) in [5.41, 5.74) is 6.51. The number of piperidine rings is 1. The normalized spacial score (nSPS) is 29.4. The number of hydrogen-bond donors (Lipinski definition) is 1. The fourth-order valence-corrected chi connectivity index (χ4v) is 3.71. The van der Waals surface area contributed by atoms with Gasteiger partial charge in [-0.15, -0.1) is 0 Å². The van der Waals surface area contributed by atoms with E-state index in [1.807, 2.05) is 0 Å². The Kier molecular flexibility index (Phi) is 5.05. The Morgan fingerprint density at radius 2 is 2.10 bits per heavy atom. The van der Waals surface area contributed by atoms with Gasteiger partial charge < -0.3 is 5.73 Å². The average Bonchev–Trinajstić information content (AvgIpc) is 2.39. The van der Waals surface area contributed by atoms with Gasteiger partial charge in [0.05, 0.1) is 6.04 Å². The van der Waals surface area contributed by atoms with Crippen LogP contribution in [0.2, 0.25) is 5.02 Å². The van der Waals surface area contributed by atoms with Gasteiger partial charge in [-0.3, -0.25) is 4.90 Å². The fourth-order valence-electron chi connectivity index (χ4n) is 3.42. The molecule has 1 fully saturated rings.